The summed E-state index contributed by atoms with van der Waals surface area (Å²) in [4.78, 5) is 36.2. The molecule has 0 aliphatic carbocycles. The molecule has 2 N–H and O–H groups in total. The summed E-state index contributed by atoms with van der Waals surface area (Å²) in [5.41, 5.74) is 2.92. The maximum Gasteiger partial charge on any atom is 0.279 e. The number of hydrogen-bond acceptors (Lipinski definition) is 6. The molecule has 0 bridgehead atoms. The van der Waals surface area contributed by atoms with Crippen LogP contribution in [-0.4, -0.2) is 31.3 Å². The van der Waals surface area contributed by atoms with Crippen LogP contribution in [0.3, 0.4) is 0 Å². The number of aromatic amines is 2. The summed E-state index contributed by atoms with van der Waals surface area (Å²) in [6.45, 7) is 1.68. The van der Waals surface area contributed by atoms with Crippen LogP contribution in [0.4, 0.5) is 5.69 Å². The van der Waals surface area contributed by atoms with Gasteiger partial charge in [-0.25, -0.2) is 4.98 Å². The largest absolute Gasteiger partial charge is 0.461 e. The van der Waals surface area contributed by atoms with Crippen LogP contribution in [0.1, 0.15) is 16.8 Å². The average molecular weight is 391 g/mol. The molecule has 1 aliphatic rings. The first kappa shape index (κ1) is 17.4. The van der Waals surface area contributed by atoms with Gasteiger partial charge in [-0.05, 0) is 30.2 Å². The van der Waals surface area contributed by atoms with Crippen molar-refractivity contribution in [3.05, 3.63) is 80.1 Å². The normalized spacial score (nSPS) is 14.2. The number of aromatic nitrogens is 3. The highest BCUT2D eigenvalue weighted by Crippen LogP contribution is 2.30. The van der Waals surface area contributed by atoms with Crippen LogP contribution in [0, 0.1) is 10.1 Å². The first-order valence-corrected chi connectivity index (χ1v) is 9.22. The van der Waals surface area contributed by atoms with E-state index in [0.29, 0.717) is 54.3 Å². The number of benzene rings is 1. The van der Waals surface area contributed by atoms with E-state index in [1.165, 1.54) is 12.3 Å². The number of rotatable bonds is 4. The van der Waals surface area contributed by atoms with Crippen molar-refractivity contribution in [3.8, 4) is 11.6 Å². The third kappa shape index (κ3) is 3.01. The first-order valence-electron chi connectivity index (χ1n) is 9.22. The zero-order chi connectivity index (χ0) is 20.0. The van der Waals surface area contributed by atoms with E-state index in [1.807, 2.05) is 12.3 Å². The van der Waals surface area contributed by atoms with Crippen LogP contribution in [0.2, 0.25) is 0 Å². The number of hydrogen-bond donors (Lipinski definition) is 2. The second-order valence-electron chi connectivity index (χ2n) is 7.05. The van der Waals surface area contributed by atoms with E-state index in [0.717, 1.165) is 11.1 Å². The molecule has 0 spiro atoms. The van der Waals surface area contributed by atoms with Gasteiger partial charge in [-0.3, -0.25) is 19.8 Å². The molecular formula is C20H17N5O4. The fraction of sp³-hybridized carbons (Fsp3) is 0.200. The highest BCUT2D eigenvalue weighted by Gasteiger charge is 2.24. The Hall–Kier alpha value is -3.72. The molecule has 9 nitrogen and oxygen atoms in total. The molecule has 3 aromatic heterocycles. The van der Waals surface area contributed by atoms with Crippen LogP contribution in [-0.2, 0) is 19.5 Å². The number of nitro benzene ring substituents is 1. The number of nitrogens with zero attached hydrogens (tertiary/aromatic N) is 3. The Morgan fingerprint density at radius 1 is 1.28 bits per heavy atom. The number of nitrogens with one attached hydrogen (secondary N) is 2. The molecule has 4 aromatic rings. The van der Waals surface area contributed by atoms with Gasteiger partial charge in [-0.1, -0.05) is 6.07 Å². The molecule has 0 fully saturated rings. The zero-order valence-corrected chi connectivity index (χ0v) is 15.3. The molecule has 1 aliphatic heterocycles. The fourth-order valence-electron chi connectivity index (χ4n) is 3.91. The number of nitro groups is 1. The molecule has 9 heteroatoms. The molecule has 146 valence electrons. The Bertz CT molecular complexity index is 1270. The lowest BCUT2D eigenvalue weighted by Gasteiger charge is -2.27. The van der Waals surface area contributed by atoms with Crippen molar-refractivity contribution in [2.45, 2.75) is 19.5 Å². The average Bonchev–Trinajstić information content (AvgIpc) is 3.38. The van der Waals surface area contributed by atoms with E-state index in [9.17, 15) is 14.9 Å². The summed E-state index contributed by atoms with van der Waals surface area (Å²) in [5.74, 6) is 0.914. The van der Waals surface area contributed by atoms with E-state index in [2.05, 4.69) is 19.9 Å². The summed E-state index contributed by atoms with van der Waals surface area (Å²) >= 11 is 0. The quantitative estimate of drug-likeness (QED) is 0.407. The number of fused-ring (bicyclic) bond motifs is 2. The SMILES string of the molecule is O=c1[nH]c(-c2ccco2)nc2c1CCN(Cc1c[nH]c3cccc([N+](=O)[O-])c13)C2. The van der Waals surface area contributed by atoms with Crippen molar-refractivity contribution >= 4 is 16.6 Å². The van der Waals surface area contributed by atoms with E-state index in [1.54, 1.807) is 18.2 Å². The Morgan fingerprint density at radius 2 is 2.17 bits per heavy atom. The summed E-state index contributed by atoms with van der Waals surface area (Å²) < 4.78 is 5.35. The molecule has 0 atom stereocenters. The van der Waals surface area contributed by atoms with Crippen molar-refractivity contribution in [2.75, 3.05) is 6.54 Å². The Balaban J connectivity index is 1.47. The monoisotopic (exact) mass is 391 g/mol. The number of furan rings is 1. The second-order valence-corrected chi connectivity index (χ2v) is 7.05. The minimum atomic E-state index is -0.359. The molecule has 0 saturated heterocycles. The smallest absolute Gasteiger partial charge is 0.279 e. The summed E-state index contributed by atoms with van der Waals surface area (Å²) in [7, 11) is 0. The van der Waals surface area contributed by atoms with Crippen molar-refractivity contribution in [3.63, 3.8) is 0 Å². The van der Waals surface area contributed by atoms with Crippen LogP contribution < -0.4 is 5.56 Å². The van der Waals surface area contributed by atoms with E-state index >= 15 is 0 Å². The van der Waals surface area contributed by atoms with Crippen molar-refractivity contribution in [2.24, 2.45) is 0 Å². The van der Waals surface area contributed by atoms with E-state index < -0.39 is 0 Å². The lowest BCUT2D eigenvalue weighted by atomic mass is 10.0. The van der Waals surface area contributed by atoms with Gasteiger partial charge in [0.05, 0.1) is 27.8 Å². The molecule has 0 radical (unpaired) electrons. The van der Waals surface area contributed by atoms with Crippen LogP contribution >= 0.6 is 0 Å². The van der Waals surface area contributed by atoms with Crippen molar-refractivity contribution < 1.29 is 9.34 Å². The maximum absolute atomic E-state index is 12.5. The van der Waals surface area contributed by atoms with Crippen LogP contribution in [0.5, 0.6) is 0 Å². The molecule has 1 aromatic carbocycles. The summed E-state index contributed by atoms with van der Waals surface area (Å²) in [5, 5.41) is 12.1. The molecule has 0 amide bonds. The number of H-pyrrole nitrogens is 2. The minimum Gasteiger partial charge on any atom is -0.461 e. The maximum atomic E-state index is 12.5. The molecule has 0 unspecified atom stereocenters. The second kappa shape index (κ2) is 6.71. The van der Waals surface area contributed by atoms with Crippen molar-refractivity contribution in [1.82, 2.24) is 19.9 Å². The predicted molar refractivity (Wildman–Crippen MR) is 105 cm³/mol. The predicted octanol–water partition coefficient (Wildman–Crippen LogP) is 2.98. The van der Waals surface area contributed by atoms with Gasteiger partial charge in [-0.15, -0.1) is 0 Å². The Morgan fingerprint density at radius 3 is 2.97 bits per heavy atom. The lowest BCUT2D eigenvalue weighted by Crippen LogP contribution is -2.35. The van der Waals surface area contributed by atoms with Gasteiger partial charge in [0.25, 0.3) is 11.2 Å². The third-order valence-electron chi connectivity index (χ3n) is 5.26. The van der Waals surface area contributed by atoms with Crippen LogP contribution in [0.25, 0.3) is 22.5 Å². The highest BCUT2D eigenvalue weighted by molar-refractivity contribution is 5.91. The number of non-ortho nitro benzene ring substituents is 1. The van der Waals surface area contributed by atoms with Gasteiger partial charge in [-0.2, -0.15) is 0 Å². The summed E-state index contributed by atoms with van der Waals surface area (Å²) in [6.07, 6.45) is 3.91. The van der Waals surface area contributed by atoms with Gasteiger partial charge in [0.2, 0.25) is 0 Å². The van der Waals surface area contributed by atoms with Crippen LogP contribution in [0.15, 0.2) is 52.0 Å². The molecular weight excluding hydrogens is 374 g/mol. The molecule has 5 rings (SSSR count). The molecule has 0 saturated carbocycles. The van der Waals surface area contributed by atoms with E-state index in [-0.39, 0.29) is 16.2 Å². The van der Waals surface area contributed by atoms with Gasteiger partial charge >= 0.3 is 0 Å². The standard InChI is InChI=1S/C20H17N5O4/c26-20-13-6-7-24(11-15(13)22-19(23-20)17-5-2-8-29-17)10-12-9-21-14-3-1-4-16(18(12)14)25(27)28/h1-5,8-9,21H,6-7,10-11H2,(H,22,23,26). The Kier molecular flexibility index (Phi) is 4.02. The fourth-order valence-corrected chi connectivity index (χ4v) is 3.91. The lowest BCUT2D eigenvalue weighted by molar-refractivity contribution is -0.383. The van der Waals surface area contributed by atoms with Crippen molar-refractivity contribution in [1.29, 1.82) is 0 Å². The Labute approximate surface area is 164 Å². The van der Waals surface area contributed by atoms with Gasteiger partial charge in [0, 0.05) is 37.5 Å². The van der Waals surface area contributed by atoms with Gasteiger partial charge < -0.3 is 14.4 Å². The zero-order valence-electron chi connectivity index (χ0n) is 15.3. The van der Waals surface area contributed by atoms with E-state index in [4.69, 9.17) is 4.42 Å². The van der Waals surface area contributed by atoms with Gasteiger partial charge in [0.1, 0.15) is 0 Å². The topological polar surface area (TPSA) is 121 Å². The first-order chi connectivity index (χ1) is 14.1. The summed E-state index contributed by atoms with van der Waals surface area (Å²) in [6, 6.07) is 8.50. The minimum absolute atomic E-state index is 0.0887. The third-order valence-corrected chi connectivity index (χ3v) is 5.26. The molecule has 4 heterocycles. The highest BCUT2D eigenvalue weighted by atomic mass is 16.6. The van der Waals surface area contributed by atoms with Gasteiger partial charge in [0.15, 0.2) is 11.6 Å². The molecule has 29 heavy (non-hydrogen) atoms.